The summed E-state index contributed by atoms with van der Waals surface area (Å²) >= 11 is 3.10. The Labute approximate surface area is 165 Å². The summed E-state index contributed by atoms with van der Waals surface area (Å²) in [7, 11) is 0. The van der Waals surface area contributed by atoms with E-state index in [0.29, 0.717) is 0 Å². The Morgan fingerprint density at radius 2 is 2.15 bits per heavy atom. The van der Waals surface area contributed by atoms with Crippen LogP contribution in [0.1, 0.15) is 33.3 Å². The molecular weight excluding hydrogens is 423 g/mol. The molecule has 1 heterocycles. The summed E-state index contributed by atoms with van der Waals surface area (Å²) in [5.41, 5.74) is -2.37. The lowest BCUT2D eigenvalue weighted by Crippen LogP contribution is -2.57. The van der Waals surface area contributed by atoms with E-state index in [0.717, 1.165) is 0 Å². The predicted octanol–water partition coefficient (Wildman–Crippen LogP) is 3.39. The fourth-order valence-corrected chi connectivity index (χ4v) is 3.93. The number of aliphatic hydroxyl groups excluding tert-OH is 1. The van der Waals surface area contributed by atoms with Crippen LogP contribution < -0.4 is 0 Å². The maximum atomic E-state index is 14.5. The van der Waals surface area contributed by atoms with Crippen molar-refractivity contribution in [3.05, 3.63) is 44.2 Å². The zero-order chi connectivity index (χ0) is 20.6. The molecule has 0 aromatic heterocycles. The molecule has 1 fully saturated rings. The molecule has 9 heteroatoms. The summed E-state index contributed by atoms with van der Waals surface area (Å²) < 4.78 is 20.1. The summed E-state index contributed by atoms with van der Waals surface area (Å²) in [6.07, 6.45) is -0.830. The number of hydrogen-bond acceptors (Lipinski definition) is 5. The summed E-state index contributed by atoms with van der Waals surface area (Å²) in [5.74, 6) is -1.18. The fourth-order valence-electron chi connectivity index (χ4n) is 3.52. The van der Waals surface area contributed by atoms with E-state index in [4.69, 9.17) is 4.74 Å². The van der Waals surface area contributed by atoms with Crippen molar-refractivity contribution in [3.8, 4) is 0 Å². The molecule has 3 atom stereocenters. The lowest BCUT2D eigenvalue weighted by molar-refractivity contribution is -0.584. The third kappa shape index (κ3) is 4.08. The summed E-state index contributed by atoms with van der Waals surface area (Å²) in [4.78, 5) is 25.3. The van der Waals surface area contributed by atoms with Crippen LogP contribution in [0, 0.1) is 21.8 Å². The van der Waals surface area contributed by atoms with Crippen LogP contribution in [0.3, 0.4) is 0 Å². The first-order valence-corrected chi connectivity index (χ1v) is 9.41. The molecule has 0 spiro atoms. The minimum Gasteiger partial charge on any atom is -0.444 e. The van der Waals surface area contributed by atoms with Gasteiger partial charge in [0, 0.05) is 23.8 Å². The highest BCUT2D eigenvalue weighted by atomic mass is 79.9. The monoisotopic (exact) mass is 446 g/mol. The summed E-state index contributed by atoms with van der Waals surface area (Å²) in [5, 5.41) is 21.9. The Morgan fingerprint density at radius 1 is 1.52 bits per heavy atom. The van der Waals surface area contributed by atoms with Gasteiger partial charge in [-0.25, -0.2) is 9.18 Å². The molecule has 1 N–H and O–H groups in total. The minimum atomic E-state index is -1.80. The van der Waals surface area contributed by atoms with E-state index in [2.05, 4.69) is 15.9 Å². The van der Waals surface area contributed by atoms with Crippen LogP contribution in [0.2, 0.25) is 0 Å². The molecule has 2 rings (SSSR count). The van der Waals surface area contributed by atoms with Gasteiger partial charge in [-0.05, 0) is 48.3 Å². The number of amides is 1. The second kappa shape index (κ2) is 7.71. The van der Waals surface area contributed by atoms with E-state index in [9.17, 15) is 24.4 Å². The number of carbonyl (C=O) groups excluding carboxylic acids is 1. The standard InChI is InChI=1S/C18H24BrFN2O5/c1-11-9-21(16(24)27-17(2,3)4)14(18(11,10-23)22(25)26)8-12-6-5-7-13(19)15(12)20/h5-7,11,14,23H,8-10H2,1-4H3/t11?,14-,18-/m0/s1. The number of halogens is 2. The first kappa shape index (κ1) is 21.6. The van der Waals surface area contributed by atoms with Gasteiger partial charge >= 0.3 is 6.09 Å². The van der Waals surface area contributed by atoms with Crippen LogP contribution in [-0.4, -0.2) is 51.4 Å². The van der Waals surface area contributed by atoms with Crippen molar-refractivity contribution in [2.45, 2.75) is 51.3 Å². The first-order valence-electron chi connectivity index (χ1n) is 8.62. The molecule has 1 unspecified atom stereocenters. The number of aliphatic hydroxyl groups is 1. The molecule has 1 saturated heterocycles. The van der Waals surface area contributed by atoms with Crippen LogP contribution in [0.5, 0.6) is 0 Å². The second-order valence-electron chi connectivity index (χ2n) is 7.87. The Bertz CT molecular complexity index is 739. The van der Waals surface area contributed by atoms with Gasteiger partial charge < -0.3 is 9.84 Å². The molecule has 0 bridgehead atoms. The average molecular weight is 447 g/mol. The van der Waals surface area contributed by atoms with Crippen molar-refractivity contribution in [3.63, 3.8) is 0 Å². The topological polar surface area (TPSA) is 92.9 Å². The molecule has 0 saturated carbocycles. The van der Waals surface area contributed by atoms with Crippen LogP contribution in [0.25, 0.3) is 0 Å². The number of carbonyl (C=O) groups is 1. The molecule has 1 aliphatic rings. The predicted molar refractivity (Wildman–Crippen MR) is 101 cm³/mol. The molecule has 0 aliphatic carbocycles. The highest BCUT2D eigenvalue weighted by Gasteiger charge is 2.63. The molecule has 1 amide bonds. The number of likely N-dealkylation sites (tertiary alicyclic amines) is 1. The van der Waals surface area contributed by atoms with E-state index >= 15 is 0 Å². The molecule has 150 valence electrons. The first-order chi connectivity index (χ1) is 12.4. The average Bonchev–Trinajstić information content (AvgIpc) is 2.83. The highest BCUT2D eigenvalue weighted by Crippen LogP contribution is 2.39. The van der Waals surface area contributed by atoms with Gasteiger partial charge in [-0.3, -0.25) is 15.0 Å². The number of nitrogens with zero attached hydrogens (tertiary/aromatic N) is 2. The third-order valence-electron chi connectivity index (χ3n) is 4.94. The molecular formula is C18H24BrFN2O5. The summed E-state index contributed by atoms with van der Waals surface area (Å²) in [6.45, 7) is 5.96. The number of rotatable bonds is 4. The van der Waals surface area contributed by atoms with Crippen molar-refractivity contribution < 1.29 is 24.0 Å². The number of ether oxygens (including phenoxy) is 1. The van der Waals surface area contributed by atoms with Gasteiger partial charge in [0.2, 0.25) is 0 Å². The van der Waals surface area contributed by atoms with Gasteiger partial charge in [-0.1, -0.05) is 19.1 Å². The van der Waals surface area contributed by atoms with Crippen LogP contribution in [0.15, 0.2) is 22.7 Å². The Kier molecular flexibility index (Phi) is 6.16. The molecule has 27 heavy (non-hydrogen) atoms. The van der Waals surface area contributed by atoms with Crippen molar-refractivity contribution >= 4 is 22.0 Å². The number of nitro groups is 1. The number of benzene rings is 1. The number of hydrogen-bond donors (Lipinski definition) is 1. The summed E-state index contributed by atoms with van der Waals surface area (Å²) in [6, 6.07) is 3.60. The van der Waals surface area contributed by atoms with E-state index in [-0.39, 0.29) is 23.0 Å². The molecule has 0 radical (unpaired) electrons. The van der Waals surface area contributed by atoms with Crippen LogP contribution in [-0.2, 0) is 11.2 Å². The lowest BCUT2D eigenvalue weighted by Gasteiger charge is -2.32. The van der Waals surface area contributed by atoms with Crippen molar-refractivity contribution in [1.82, 2.24) is 4.90 Å². The Balaban J connectivity index is 2.49. The van der Waals surface area contributed by atoms with Crippen molar-refractivity contribution in [1.29, 1.82) is 0 Å². The second-order valence-corrected chi connectivity index (χ2v) is 8.73. The zero-order valence-corrected chi connectivity index (χ0v) is 17.3. The Hall–Kier alpha value is -1.74. The van der Waals surface area contributed by atoms with E-state index in [1.165, 1.54) is 17.0 Å². The maximum Gasteiger partial charge on any atom is 0.410 e. The fraction of sp³-hybridized carbons (Fsp3) is 0.611. The van der Waals surface area contributed by atoms with Gasteiger partial charge in [0.1, 0.15) is 24.1 Å². The Morgan fingerprint density at radius 3 is 2.67 bits per heavy atom. The smallest absolute Gasteiger partial charge is 0.410 e. The van der Waals surface area contributed by atoms with E-state index < -0.39 is 46.5 Å². The van der Waals surface area contributed by atoms with Crippen molar-refractivity contribution in [2.75, 3.05) is 13.2 Å². The normalized spacial score (nSPS) is 25.5. The van der Waals surface area contributed by atoms with Gasteiger partial charge in [0.05, 0.1) is 4.47 Å². The van der Waals surface area contributed by atoms with Crippen molar-refractivity contribution in [2.24, 2.45) is 5.92 Å². The van der Waals surface area contributed by atoms with Crippen LogP contribution >= 0.6 is 15.9 Å². The SMILES string of the molecule is CC1CN(C(=O)OC(C)(C)C)[C@@H](Cc2cccc(Br)c2F)[C@@]1(CO)[N+](=O)[O-]. The zero-order valence-electron chi connectivity index (χ0n) is 15.7. The third-order valence-corrected chi connectivity index (χ3v) is 5.56. The molecule has 1 aliphatic heterocycles. The van der Waals surface area contributed by atoms with E-state index in [1.807, 2.05) is 0 Å². The minimum absolute atomic E-state index is 0.0384. The van der Waals surface area contributed by atoms with Gasteiger partial charge in [-0.15, -0.1) is 0 Å². The largest absolute Gasteiger partial charge is 0.444 e. The molecule has 7 nitrogen and oxygen atoms in total. The van der Waals surface area contributed by atoms with Crippen LogP contribution in [0.4, 0.5) is 9.18 Å². The van der Waals surface area contributed by atoms with Gasteiger partial charge in [0.25, 0.3) is 5.54 Å². The highest BCUT2D eigenvalue weighted by molar-refractivity contribution is 9.10. The van der Waals surface area contributed by atoms with Gasteiger partial charge in [0.15, 0.2) is 0 Å². The molecule has 1 aromatic rings. The lowest BCUT2D eigenvalue weighted by atomic mass is 9.81. The molecule has 1 aromatic carbocycles. The van der Waals surface area contributed by atoms with E-state index in [1.54, 1.807) is 33.8 Å². The maximum absolute atomic E-state index is 14.5. The van der Waals surface area contributed by atoms with Gasteiger partial charge in [-0.2, -0.15) is 0 Å². The quantitative estimate of drug-likeness (QED) is 0.564.